The third-order valence-corrected chi connectivity index (χ3v) is 4.62. The van der Waals surface area contributed by atoms with E-state index in [-0.39, 0.29) is 17.7 Å². The van der Waals surface area contributed by atoms with Gasteiger partial charge < -0.3 is 19.5 Å². The lowest BCUT2D eigenvalue weighted by Crippen LogP contribution is -2.56. The summed E-state index contributed by atoms with van der Waals surface area (Å²) in [4.78, 5) is 18.2. The second kappa shape index (κ2) is 5.79. The van der Waals surface area contributed by atoms with Gasteiger partial charge in [-0.05, 0) is 24.6 Å². The molecule has 0 radical (unpaired) electrons. The van der Waals surface area contributed by atoms with Crippen molar-refractivity contribution in [2.24, 2.45) is 0 Å². The van der Waals surface area contributed by atoms with Crippen molar-refractivity contribution in [1.82, 2.24) is 4.98 Å². The molecule has 0 aliphatic carbocycles. The molecule has 1 N–H and O–H groups in total. The molecule has 2 saturated heterocycles. The van der Waals surface area contributed by atoms with Crippen molar-refractivity contribution in [3.05, 3.63) is 36.0 Å². The van der Waals surface area contributed by atoms with Crippen LogP contribution in [0.5, 0.6) is 0 Å². The summed E-state index contributed by atoms with van der Waals surface area (Å²) in [6.45, 7) is 2.77. The van der Waals surface area contributed by atoms with E-state index in [0.717, 1.165) is 30.8 Å². The molecule has 2 aromatic rings. The number of hydrogen-bond donors (Lipinski definition) is 1. The second-order valence-electron chi connectivity index (χ2n) is 5.87. The lowest BCUT2D eigenvalue weighted by molar-refractivity contribution is -0.0652. The average Bonchev–Trinajstić information content (AvgIpc) is 2.60. The van der Waals surface area contributed by atoms with Crippen LogP contribution in [-0.2, 0) is 9.47 Å². The fourth-order valence-corrected chi connectivity index (χ4v) is 3.53. The average molecular weight is 314 g/mol. The summed E-state index contributed by atoms with van der Waals surface area (Å²) in [7, 11) is 0. The molecule has 0 bridgehead atoms. The number of anilines is 1. The maximum absolute atomic E-state index is 11.4. The van der Waals surface area contributed by atoms with Crippen LogP contribution in [0.2, 0.25) is 0 Å². The number of carbonyl (C=O) groups is 1. The quantitative estimate of drug-likeness (QED) is 0.913. The fraction of sp³-hybridized carbons (Fsp3) is 0.412. The van der Waals surface area contributed by atoms with Crippen LogP contribution >= 0.6 is 0 Å². The van der Waals surface area contributed by atoms with Crippen molar-refractivity contribution in [3.63, 3.8) is 0 Å². The molecule has 1 aromatic carbocycles. The predicted octanol–water partition coefficient (Wildman–Crippen LogP) is 1.93. The number of morpholine rings is 1. The van der Waals surface area contributed by atoms with Crippen LogP contribution in [0.25, 0.3) is 10.9 Å². The molecule has 120 valence electrons. The first-order valence-corrected chi connectivity index (χ1v) is 7.83. The number of aromatic carboxylic acids is 1. The maximum Gasteiger partial charge on any atom is 0.336 e. The third kappa shape index (κ3) is 2.44. The molecule has 0 saturated carbocycles. The summed E-state index contributed by atoms with van der Waals surface area (Å²) in [5.74, 6) is -0.935. The Kier molecular flexibility index (Phi) is 3.63. The Morgan fingerprint density at radius 2 is 2.22 bits per heavy atom. The highest BCUT2D eigenvalue weighted by atomic mass is 16.5. The van der Waals surface area contributed by atoms with Crippen LogP contribution in [0.1, 0.15) is 16.8 Å². The van der Waals surface area contributed by atoms with Gasteiger partial charge in [0.1, 0.15) is 0 Å². The van der Waals surface area contributed by atoms with Gasteiger partial charge in [0.05, 0.1) is 42.1 Å². The molecule has 6 nitrogen and oxygen atoms in total. The smallest absolute Gasteiger partial charge is 0.336 e. The van der Waals surface area contributed by atoms with Gasteiger partial charge in [-0.2, -0.15) is 0 Å². The number of aromatic nitrogens is 1. The number of hydrogen-bond acceptors (Lipinski definition) is 5. The molecule has 4 rings (SSSR count). The summed E-state index contributed by atoms with van der Waals surface area (Å²) in [5, 5.41) is 10.1. The largest absolute Gasteiger partial charge is 0.478 e. The monoisotopic (exact) mass is 314 g/mol. The Balaban J connectivity index is 1.82. The maximum atomic E-state index is 11.4. The van der Waals surface area contributed by atoms with E-state index in [1.807, 2.05) is 12.1 Å². The minimum absolute atomic E-state index is 0.151. The van der Waals surface area contributed by atoms with Crippen molar-refractivity contribution in [2.45, 2.75) is 18.6 Å². The van der Waals surface area contributed by atoms with Gasteiger partial charge in [0, 0.05) is 24.7 Å². The highest BCUT2D eigenvalue weighted by Crippen LogP contribution is 2.33. The number of fused-ring (bicyclic) bond motifs is 2. The number of ether oxygens (including phenoxy) is 2. The molecule has 2 fully saturated rings. The van der Waals surface area contributed by atoms with Gasteiger partial charge in [0.25, 0.3) is 0 Å². The van der Waals surface area contributed by atoms with Crippen LogP contribution in [0.3, 0.4) is 0 Å². The fourth-order valence-electron chi connectivity index (χ4n) is 3.53. The number of carboxylic acids is 1. The van der Waals surface area contributed by atoms with Crippen molar-refractivity contribution >= 4 is 22.6 Å². The predicted molar refractivity (Wildman–Crippen MR) is 85.0 cm³/mol. The molecule has 0 unspecified atom stereocenters. The lowest BCUT2D eigenvalue weighted by atomic mass is 10.00. The SMILES string of the molecule is O=C(O)c1ccc(N2CCO[C@@H]3CCOC[C@H]32)c2ncccc12. The van der Waals surface area contributed by atoms with Crippen LogP contribution in [0.4, 0.5) is 5.69 Å². The molecule has 0 amide bonds. The minimum atomic E-state index is -0.935. The van der Waals surface area contributed by atoms with Crippen LogP contribution in [-0.4, -0.2) is 54.6 Å². The van der Waals surface area contributed by atoms with E-state index in [0.29, 0.717) is 18.6 Å². The Morgan fingerprint density at radius 1 is 1.30 bits per heavy atom. The molecular weight excluding hydrogens is 296 g/mol. The van der Waals surface area contributed by atoms with Gasteiger partial charge in [-0.15, -0.1) is 0 Å². The van der Waals surface area contributed by atoms with E-state index in [1.54, 1.807) is 18.3 Å². The highest BCUT2D eigenvalue weighted by Gasteiger charge is 2.36. The van der Waals surface area contributed by atoms with E-state index in [9.17, 15) is 9.90 Å². The zero-order chi connectivity index (χ0) is 15.8. The van der Waals surface area contributed by atoms with Gasteiger partial charge in [-0.25, -0.2) is 4.79 Å². The summed E-state index contributed by atoms with van der Waals surface area (Å²) in [6, 6.07) is 7.25. The van der Waals surface area contributed by atoms with Gasteiger partial charge in [0.15, 0.2) is 0 Å². The van der Waals surface area contributed by atoms with Crippen molar-refractivity contribution in [2.75, 3.05) is 31.3 Å². The molecule has 6 heteroatoms. The Bertz CT molecular complexity index is 746. The Morgan fingerprint density at radius 3 is 3.09 bits per heavy atom. The second-order valence-corrected chi connectivity index (χ2v) is 5.87. The topological polar surface area (TPSA) is 71.9 Å². The van der Waals surface area contributed by atoms with Crippen molar-refractivity contribution in [1.29, 1.82) is 0 Å². The molecule has 2 aliphatic heterocycles. The third-order valence-electron chi connectivity index (χ3n) is 4.62. The van der Waals surface area contributed by atoms with Gasteiger partial charge >= 0.3 is 5.97 Å². The van der Waals surface area contributed by atoms with E-state index >= 15 is 0 Å². The van der Waals surface area contributed by atoms with Crippen LogP contribution < -0.4 is 4.90 Å². The number of carboxylic acid groups (broad SMARTS) is 1. The molecule has 0 spiro atoms. The molecule has 3 heterocycles. The molecule has 2 aliphatic rings. The van der Waals surface area contributed by atoms with Crippen molar-refractivity contribution < 1.29 is 19.4 Å². The first-order chi connectivity index (χ1) is 11.3. The van der Waals surface area contributed by atoms with Crippen LogP contribution in [0.15, 0.2) is 30.5 Å². The summed E-state index contributed by atoms with van der Waals surface area (Å²) in [6.07, 6.45) is 2.75. The molecule has 2 atom stereocenters. The summed E-state index contributed by atoms with van der Waals surface area (Å²) < 4.78 is 11.5. The van der Waals surface area contributed by atoms with E-state index < -0.39 is 5.97 Å². The molecule has 1 aromatic heterocycles. The minimum Gasteiger partial charge on any atom is -0.478 e. The van der Waals surface area contributed by atoms with Gasteiger partial charge in [-0.1, -0.05) is 6.07 Å². The Labute approximate surface area is 133 Å². The zero-order valence-corrected chi connectivity index (χ0v) is 12.6. The normalized spacial score (nSPS) is 24.4. The number of nitrogens with zero attached hydrogens (tertiary/aromatic N) is 2. The first kappa shape index (κ1) is 14.4. The zero-order valence-electron chi connectivity index (χ0n) is 12.6. The number of pyridine rings is 1. The van der Waals surface area contributed by atoms with E-state index in [2.05, 4.69) is 9.88 Å². The number of benzene rings is 1. The highest BCUT2D eigenvalue weighted by molar-refractivity contribution is 6.06. The molecule has 23 heavy (non-hydrogen) atoms. The van der Waals surface area contributed by atoms with Gasteiger partial charge in [0.2, 0.25) is 0 Å². The summed E-state index contributed by atoms with van der Waals surface area (Å²) >= 11 is 0. The number of rotatable bonds is 2. The molecular formula is C17H18N2O4. The van der Waals surface area contributed by atoms with E-state index in [1.165, 1.54) is 0 Å². The first-order valence-electron chi connectivity index (χ1n) is 7.83. The van der Waals surface area contributed by atoms with E-state index in [4.69, 9.17) is 9.47 Å². The van der Waals surface area contributed by atoms with Crippen molar-refractivity contribution in [3.8, 4) is 0 Å². The standard InChI is InChI=1S/C17H18N2O4/c20-17(21)12-3-4-13(16-11(12)2-1-6-18-16)19-7-9-23-15-5-8-22-10-14(15)19/h1-4,6,14-15H,5,7-10H2,(H,20,21)/t14-,15-/m1/s1. The Hall–Kier alpha value is -2.18. The summed E-state index contributed by atoms with van der Waals surface area (Å²) in [5.41, 5.74) is 1.95. The lowest BCUT2D eigenvalue weighted by Gasteiger charge is -2.44. The van der Waals surface area contributed by atoms with Crippen LogP contribution in [0, 0.1) is 0 Å². The van der Waals surface area contributed by atoms with Gasteiger partial charge in [-0.3, -0.25) is 4.98 Å².